The molecule has 0 saturated carbocycles. The van der Waals surface area contributed by atoms with Crippen LogP contribution in [0, 0.1) is 0 Å². The molecule has 9 heavy (non-hydrogen) atoms. The van der Waals surface area contributed by atoms with E-state index in [4.69, 9.17) is 4.52 Å². The number of hydrogen-bond acceptors (Lipinski definition) is 2. The van der Waals surface area contributed by atoms with Gasteiger partial charge in [-0.15, -0.1) is 0 Å². The maximum atomic E-state index is 10.8. The lowest BCUT2D eigenvalue weighted by Gasteiger charge is -2.02. The molecule has 0 bridgehead atoms. The molecule has 0 unspecified atom stereocenters. The minimum atomic E-state index is -2.26. The molecule has 0 aliphatic heterocycles. The van der Waals surface area contributed by atoms with Crippen molar-refractivity contribution in [1.29, 1.82) is 0 Å². The van der Waals surface area contributed by atoms with E-state index in [2.05, 4.69) is 6.92 Å². The fourth-order valence-electron chi connectivity index (χ4n) is 0.315. The van der Waals surface area contributed by atoms with E-state index in [0.717, 1.165) is 12.8 Å². The quantitative estimate of drug-likeness (QED) is 0.426. The minimum absolute atomic E-state index is 0.625. The van der Waals surface area contributed by atoms with Gasteiger partial charge in [-0.05, 0) is 6.42 Å². The van der Waals surface area contributed by atoms with Gasteiger partial charge in [-0.3, -0.25) is 4.57 Å². The van der Waals surface area contributed by atoms with Crippen LogP contribution in [-0.2, 0) is 9.09 Å². The first-order chi connectivity index (χ1) is 4.06. The molecule has 0 aliphatic rings. The van der Waals surface area contributed by atoms with Gasteiger partial charge in [0.15, 0.2) is 0 Å². The van der Waals surface area contributed by atoms with Crippen LogP contribution in [0.25, 0.3) is 0 Å². The molecule has 0 aromatic carbocycles. The second kappa shape index (κ2) is 5.32. The van der Waals surface area contributed by atoms with E-state index in [9.17, 15) is 4.57 Å². The molecule has 0 rings (SSSR count). The second-order valence-corrected chi connectivity index (χ2v) is 15.8. The molecular weight excluding hydrogens is 365 g/mol. The Balaban J connectivity index is 3.18. The van der Waals surface area contributed by atoms with Crippen molar-refractivity contribution in [3.63, 3.8) is 0 Å². The molecule has 0 aliphatic carbocycles. The van der Waals surface area contributed by atoms with E-state index in [1.54, 1.807) is 0 Å². The minimum Gasteiger partial charge on any atom is -0.315 e. The molecule has 2 nitrogen and oxygen atoms in total. The maximum absolute atomic E-state index is 10.8. The molecule has 0 atom stereocenters. The highest BCUT2D eigenvalue weighted by atomic mass is 127. The van der Waals surface area contributed by atoms with Gasteiger partial charge in [0.25, 0.3) is 0 Å². The lowest BCUT2D eigenvalue weighted by atomic mass is 10.4. The smallest absolute Gasteiger partial charge is 0.315 e. The van der Waals surface area contributed by atoms with Gasteiger partial charge >= 0.3 is 2.65 Å². The molecule has 0 fully saturated rings. The largest absolute Gasteiger partial charge is 0.315 e. The molecule has 5 heteroatoms. The van der Waals surface area contributed by atoms with Gasteiger partial charge in [-0.25, -0.2) is 0 Å². The van der Waals surface area contributed by atoms with Crippen molar-refractivity contribution < 1.29 is 9.09 Å². The Kier molecular flexibility index (Phi) is 6.30. The summed E-state index contributed by atoms with van der Waals surface area (Å²) in [6.45, 7) is 2.70. The highest BCUT2D eigenvalue weighted by Crippen LogP contribution is 2.63. The Bertz CT molecular complexity index is 111. The summed E-state index contributed by atoms with van der Waals surface area (Å²) in [5.74, 6) is 0. The standard InChI is InChI=1S/C4H9I2O2P/c1-2-3-4-8-9(5,6)7/h2-4H2,1H3. The highest BCUT2D eigenvalue weighted by molar-refractivity contribution is 14.3. The molecule has 0 saturated heterocycles. The normalized spacial score (nSPS) is 11.9. The van der Waals surface area contributed by atoms with Crippen molar-refractivity contribution in [1.82, 2.24) is 0 Å². The van der Waals surface area contributed by atoms with Gasteiger partial charge in [-0.2, -0.15) is 0 Å². The van der Waals surface area contributed by atoms with Crippen molar-refractivity contribution >= 4 is 46.7 Å². The van der Waals surface area contributed by atoms with Crippen LogP contribution < -0.4 is 0 Å². The van der Waals surface area contributed by atoms with Gasteiger partial charge in [0.1, 0.15) is 0 Å². The second-order valence-electron chi connectivity index (χ2n) is 1.60. The third-order valence-electron chi connectivity index (χ3n) is 0.739. The third-order valence-corrected chi connectivity index (χ3v) is 2.89. The molecule has 0 N–H and O–H groups in total. The lowest BCUT2D eigenvalue weighted by molar-refractivity contribution is 0.330. The predicted octanol–water partition coefficient (Wildman–Crippen LogP) is 3.78. The average Bonchev–Trinajstić information content (AvgIpc) is 1.63. The molecule has 0 amide bonds. The van der Waals surface area contributed by atoms with Gasteiger partial charge in [0, 0.05) is 44.1 Å². The summed E-state index contributed by atoms with van der Waals surface area (Å²) in [5.41, 5.74) is 0. The Morgan fingerprint density at radius 2 is 2.11 bits per heavy atom. The van der Waals surface area contributed by atoms with Crippen LogP contribution in [0.3, 0.4) is 0 Å². The summed E-state index contributed by atoms with van der Waals surface area (Å²) >= 11 is 3.67. The van der Waals surface area contributed by atoms with E-state index >= 15 is 0 Å². The van der Waals surface area contributed by atoms with E-state index in [1.165, 1.54) is 0 Å². The van der Waals surface area contributed by atoms with Crippen LogP contribution in [0.15, 0.2) is 0 Å². The summed E-state index contributed by atoms with van der Waals surface area (Å²) in [6.07, 6.45) is 2.09. The monoisotopic (exact) mass is 374 g/mol. The van der Waals surface area contributed by atoms with Crippen molar-refractivity contribution in [2.24, 2.45) is 0 Å². The Labute approximate surface area is 81.5 Å². The zero-order valence-electron chi connectivity index (χ0n) is 5.14. The number of hydrogen-bond donors (Lipinski definition) is 0. The molecule has 0 spiro atoms. The van der Waals surface area contributed by atoms with Crippen LogP contribution in [-0.4, -0.2) is 6.61 Å². The van der Waals surface area contributed by atoms with Crippen LogP contribution >= 0.6 is 46.7 Å². The first kappa shape index (κ1) is 10.7. The Morgan fingerprint density at radius 3 is 2.44 bits per heavy atom. The zero-order chi connectivity index (χ0) is 7.33. The number of halogens is 2. The fourth-order valence-corrected chi connectivity index (χ4v) is 1.84. The number of rotatable bonds is 4. The third kappa shape index (κ3) is 9.65. The lowest BCUT2D eigenvalue weighted by Crippen LogP contribution is -1.83. The van der Waals surface area contributed by atoms with Crippen LogP contribution in [0.2, 0.25) is 0 Å². The first-order valence-electron chi connectivity index (χ1n) is 2.70. The Hall–Kier alpha value is 1.65. The molecule has 0 heterocycles. The van der Waals surface area contributed by atoms with Crippen LogP contribution in [0.1, 0.15) is 19.8 Å². The summed E-state index contributed by atoms with van der Waals surface area (Å²) in [5, 5.41) is 0. The zero-order valence-corrected chi connectivity index (χ0v) is 10.4. The highest BCUT2D eigenvalue weighted by Gasteiger charge is 2.10. The molecule has 0 aromatic rings. The summed E-state index contributed by atoms with van der Waals surface area (Å²) in [4.78, 5) is 0. The van der Waals surface area contributed by atoms with Gasteiger partial charge in [-0.1, -0.05) is 13.3 Å². The summed E-state index contributed by atoms with van der Waals surface area (Å²) in [7, 11) is 0. The van der Waals surface area contributed by atoms with Crippen LogP contribution in [0.5, 0.6) is 0 Å². The van der Waals surface area contributed by atoms with Gasteiger partial charge in [0.05, 0.1) is 6.61 Å². The molecular formula is C4H9I2O2P. The SMILES string of the molecule is CCCCOP(=O)(I)I. The first-order valence-corrected chi connectivity index (χ1v) is 9.89. The fraction of sp³-hybridized carbons (Fsp3) is 1.00. The van der Waals surface area contributed by atoms with Crippen molar-refractivity contribution in [2.75, 3.05) is 6.61 Å². The van der Waals surface area contributed by atoms with E-state index in [-0.39, 0.29) is 0 Å². The summed E-state index contributed by atoms with van der Waals surface area (Å²) in [6, 6.07) is 0. The maximum Gasteiger partial charge on any atom is 0.315 e. The van der Waals surface area contributed by atoms with Gasteiger partial charge < -0.3 is 4.52 Å². The van der Waals surface area contributed by atoms with E-state index < -0.39 is 2.65 Å². The topological polar surface area (TPSA) is 26.3 Å². The van der Waals surface area contributed by atoms with E-state index in [0.29, 0.717) is 6.61 Å². The number of unbranched alkanes of at least 4 members (excludes halogenated alkanes) is 1. The van der Waals surface area contributed by atoms with Crippen LogP contribution in [0.4, 0.5) is 0 Å². The molecule has 0 radical (unpaired) electrons. The predicted molar refractivity (Wildman–Crippen MR) is 56.5 cm³/mol. The van der Waals surface area contributed by atoms with E-state index in [1.807, 2.05) is 44.1 Å². The van der Waals surface area contributed by atoms with Gasteiger partial charge in [0.2, 0.25) is 0 Å². The average molecular weight is 374 g/mol. The van der Waals surface area contributed by atoms with Crippen molar-refractivity contribution in [3.8, 4) is 0 Å². The molecule has 56 valence electrons. The van der Waals surface area contributed by atoms with Crippen molar-refractivity contribution in [3.05, 3.63) is 0 Å². The van der Waals surface area contributed by atoms with Crippen molar-refractivity contribution in [2.45, 2.75) is 19.8 Å². The molecule has 0 aromatic heterocycles. The summed E-state index contributed by atoms with van der Waals surface area (Å²) < 4.78 is 13.6. The Morgan fingerprint density at radius 1 is 1.56 bits per heavy atom.